The molecular formula is C26H27N3O4S2. The minimum Gasteiger partial charge on any atom is -0.383 e. The van der Waals surface area contributed by atoms with Gasteiger partial charge in [-0.1, -0.05) is 54.6 Å². The van der Waals surface area contributed by atoms with Crippen molar-refractivity contribution < 1.29 is 17.9 Å². The van der Waals surface area contributed by atoms with Gasteiger partial charge >= 0.3 is 0 Å². The van der Waals surface area contributed by atoms with Crippen LogP contribution in [0.15, 0.2) is 89.3 Å². The number of para-hydroxylation sites is 1. The zero-order valence-corrected chi connectivity index (χ0v) is 21.0. The molecule has 0 unspecified atom stereocenters. The zero-order chi connectivity index (χ0) is 24.7. The summed E-state index contributed by atoms with van der Waals surface area (Å²) < 4.78 is 33.9. The number of carbonyl (C=O) groups excluding carboxylic acids is 1. The molecule has 0 fully saturated rings. The molecule has 7 nitrogen and oxygen atoms in total. The van der Waals surface area contributed by atoms with E-state index in [1.165, 1.54) is 17.5 Å². The highest BCUT2D eigenvalue weighted by molar-refractivity contribution is 7.89. The molecule has 2 aromatic heterocycles. The predicted octanol–water partition coefficient (Wildman–Crippen LogP) is 4.16. The van der Waals surface area contributed by atoms with Crippen molar-refractivity contribution >= 4 is 38.2 Å². The third-order valence-corrected chi connectivity index (χ3v) is 8.30. The molecule has 0 N–H and O–H groups in total. The van der Waals surface area contributed by atoms with Crippen molar-refractivity contribution in [3.05, 3.63) is 94.8 Å². The average molecular weight is 510 g/mol. The maximum Gasteiger partial charge on any atom is 0.245 e. The summed E-state index contributed by atoms with van der Waals surface area (Å²) in [5, 5.41) is 2.68. The number of carbonyl (C=O) groups is 1. The van der Waals surface area contributed by atoms with Crippen LogP contribution in [0, 0.1) is 0 Å². The fourth-order valence-electron chi connectivity index (χ4n) is 3.78. The summed E-state index contributed by atoms with van der Waals surface area (Å²) in [7, 11) is -2.51. The molecule has 0 aliphatic rings. The van der Waals surface area contributed by atoms with Gasteiger partial charge in [0, 0.05) is 36.7 Å². The summed E-state index contributed by atoms with van der Waals surface area (Å²) in [6.45, 7) is 0.693. The molecule has 0 atom stereocenters. The van der Waals surface area contributed by atoms with Crippen LogP contribution >= 0.6 is 11.3 Å². The van der Waals surface area contributed by atoms with Crippen LogP contribution in [-0.2, 0) is 32.6 Å². The molecule has 0 radical (unpaired) electrons. The van der Waals surface area contributed by atoms with Gasteiger partial charge in [0.05, 0.1) is 25.2 Å². The number of thiophene rings is 1. The van der Waals surface area contributed by atoms with Gasteiger partial charge in [0.15, 0.2) is 0 Å². The number of ether oxygens (including phenoxy) is 1. The number of rotatable bonds is 11. The second-order valence-corrected chi connectivity index (χ2v) is 10.9. The SMILES string of the molecule is COCCN(CC(=O)N(Cc1ccccc1)Cc1cccs1)S(=O)(=O)c1cccc2cccnc12. The van der Waals surface area contributed by atoms with E-state index in [9.17, 15) is 13.2 Å². The first-order valence-electron chi connectivity index (χ1n) is 11.2. The van der Waals surface area contributed by atoms with Crippen molar-refractivity contribution in [3.63, 3.8) is 0 Å². The molecule has 0 saturated heterocycles. The quantitative estimate of drug-likeness (QED) is 0.303. The maximum atomic E-state index is 13.7. The molecule has 182 valence electrons. The van der Waals surface area contributed by atoms with Gasteiger partial charge < -0.3 is 9.64 Å². The predicted molar refractivity (Wildman–Crippen MR) is 137 cm³/mol. The number of benzene rings is 2. The molecular weight excluding hydrogens is 482 g/mol. The van der Waals surface area contributed by atoms with Crippen LogP contribution in [0.4, 0.5) is 0 Å². The fraction of sp³-hybridized carbons (Fsp3) is 0.231. The van der Waals surface area contributed by atoms with Gasteiger partial charge in [-0.15, -0.1) is 11.3 Å². The molecule has 35 heavy (non-hydrogen) atoms. The van der Waals surface area contributed by atoms with Crippen molar-refractivity contribution in [2.75, 3.05) is 26.8 Å². The first-order chi connectivity index (χ1) is 17.0. The summed E-state index contributed by atoms with van der Waals surface area (Å²) >= 11 is 1.56. The third kappa shape index (κ3) is 6.12. The summed E-state index contributed by atoms with van der Waals surface area (Å²) in [5.41, 5.74) is 1.35. The largest absolute Gasteiger partial charge is 0.383 e. The van der Waals surface area contributed by atoms with Crippen LogP contribution in [0.2, 0.25) is 0 Å². The minimum absolute atomic E-state index is 0.0476. The van der Waals surface area contributed by atoms with Crippen molar-refractivity contribution in [2.24, 2.45) is 0 Å². The minimum atomic E-state index is -4.02. The van der Waals surface area contributed by atoms with E-state index in [1.54, 1.807) is 34.6 Å². The number of methoxy groups -OCH3 is 1. The Hall–Kier alpha value is -3.11. The van der Waals surface area contributed by atoms with Crippen molar-refractivity contribution in [3.8, 4) is 0 Å². The van der Waals surface area contributed by atoms with Gasteiger partial charge in [-0.2, -0.15) is 4.31 Å². The van der Waals surface area contributed by atoms with Gasteiger partial charge in [-0.05, 0) is 29.1 Å². The Morgan fingerprint density at radius 2 is 1.77 bits per heavy atom. The first kappa shape index (κ1) is 25.0. The third-order valence-electron chi connectivity index (χ3n) is 5.57. The number of amides is 1. The van der Waals surface area contributed by atoms with E-state index < -0.39 is 10.0 Å². The van der Waals surface area contributed by atoms with E-state index in [0.29, 0.717) is 18.6 Å². The lowest BCUT2D eigenvalue weighted by atomic mass is 10.2. The van der Waals surface area contributed by atoms with E-state index >= 15 is 0 Å². The highest BCUT2D eigenvalue weighted by Crippen LogP contribution is 2.24. The molecule has 0 aliphatic heterocycles. The second kappa shape index (κ2) is 11.5. The molecule has 4 rings (SSSR count). The number of hydrogen-bond donors (Lipinski definition) is 0. The molecule has 0 spiro atoms. The Morgan fingerprint density at radius 3 is 2.51 bits per heavy atom. The normalized spacial score (nSPS) is 11.7. The van der Waals surface area contributed by atoms with E-state index in [0.717, 1.165) is 15.8 Å². The lowest BCUT2D eigenvalue weighted by molar-refractivity contribution is -0.132. The molecule has 2 heterocycles. The van der Waals surface area contributed by atoms with E-state index in [-0.39, 0.29) is 30.5 Å². The van der Waals surface area contributed by atoms with E-state index in [2.05, 4.69) is 4.98 Å². The van der Waals surface area contributed by atoms with E-state index in [1.807, 2.05) is 60.0 Å². The highest BCUT2D eigenvalue weighted by atomic mass is 32.2. The van der Waals surface area contributed by atoms with Crippen LogP contribution in [0.3, 0.4) is 0 Å². The summed E-state index contributed by atoms with van der Waals surface area (Å²) in [4.78, 5) is 20.7. The number of nitrogens with zero attached hydrogens (tertiary/aromatic N) is 3. The summed E-state index contributed by atoms with van der Waals surface area (Å²) in [6.07, 6.45) is 1.56. The second-order valence-electron chi connectivity index (χ2n) is 7.98. The standard InChI is InChI=1S/C26H27N3O4S2/c1-33-16-15-29(35(31,32)24-13-5-10-22-11-6-14-27-26(22)24)20-25(30)28(19-23-12-7-17-34-23)18-21-8-3-2-4-9-21/h2-14,17H,15-16,18-20H2,1H3. The molecule has 9 heteroatoms. The van der Waals surface area contributed by atoms with Crippen molar-refractivity contribution in [1.82, 2.24) is 14.2 Å². The van der Waals surface area contributed by atoms with Crippen LogP contribution in [0.25, 0.3) is 10.9 Å². The summed E-state index contributed by atoms with van der Waals surface area (Å²) in [6, 6.07) is 22.2. The molecule has 4 aromatic rings. The highest BCUT2D eigenvalue weighted by Gasteiger charge is 2.30. The Kier molecular flexibility index (Phi) is 8.25. The topological polar surface area (TPSA) is 79.8 Å². The molecule has 0 saturated carbocycles. The number of fused-ring (bicyclic) bond motifs is 1. The molecule has 2 aromatic carbocycles. The number of sulfonamides is 1. The van der Waals surface area contributed by atoms with Crippen LogP contribution in [0.5, 0.6) is 0 Å². The Labute approximate surface area is 209 Å². The van der Waals surface area contributed by atoms with Crippen molar-refractivity contribution in [2.45, 2.75) is 18.0 Å². The van der Waals surface area contributed by atoms with E-state index in [4.69, 9.17) is 4.74 Å². The van der Waals surface area contributed by atoms with Gasteiger partial charge in [0.1, 0.15) is 4.90 Å². The smallest absolute Gasteiger partial charge is 0.245 e. The molecule has 0 bridgehead atoms. The van der Waals surface area contributed by atoms with Crippen LogP contribution in [-0.4, -0.2) is 55.3 Å². The number of pyridine rings is 1. The van der Waals surface area contributed by atoms with Crippen LogP contribution in [0.1, 0.15) is 10.4 Å². The van der Waals surface area contributed by atoms with Crippen LogP contribution < -0.4 is 0 Å². The first-order valence-corrected chi connectivity index (χ1v) is 13.5. The van der Waals surface area contributed by atoms with Gasteiger partial charge in [-0.3, -0.25) is 9.78 Å². The number of aromatic nitrogens is 1. The van der Waals surface area contributed by atoms with Gasteiger partial charge in [-0.25, -0.2) is 8.42 Å². The Bertz CT molecular complexity index is 1350. The number of hydrogen-bond acceptors (Lipinski definition) is 6. The molecule has 1 amide bonds. The van der Waals surface area contributed by atoms with Gasteiger partial charge in [0.25, 0.3) is 0 Å². The monoisotopic (exact) mass is 509 g/mol. The average Bonchev–Trinajstić information content (AvgIpc) is 3.39. The zero-order valence-electron chi connectivity index (χ0n) is 19.4. The summed E-state index contributed by atoms with van der Waals surface area (Å²) in [5.74, 6) is -0.282. The van der Waals surface area contributed by atoms with Crippen molar-refractivity contribution in [1.29, 1.82) is 0 Å². The molecule has 0 aliphatic carbocycles. The fourth-order valence-corrected chi connectivity index (χ4v) is 6.04. The lowest BCUT2D eigenvalue weighted by Crippen LogP contribution is -2.43. The Balaban J connectivity index is 1.64. The lowest BCUT2D eigenvalue weighted by Gasteiger charge is -2.27. The Morgan fingerprint density at radius 1 is 0.971 bits per heavy atom. The van der Waals surface area contributed by atoms with Gasteiger partial charge in [0.2, 0.25) is 15.9 Å². The maximum absolute atomic E-state index is 13.7.